The van der Waals surface area contributed by atoms with Crippen LogP contribution >= 0.6 is 0 Å². The molecule has 4 heterocycles. The molecule has 2 saturated heterocycles. The summed E-state index contributed by atoms with van der Waals surface area (Å²) in [6, 6.07) is 30.7. The number of ether oxygens (including phenoxy) is 4. The highest BCUT2D eigenvalue weighted by atomic mass is 19.1. The molecular weight excluding hydrogens is 595 g/mol. The number of rotatable bonds is 9. The lowest BCUT2D eigenvalue weighted by atomic mass is 9.85. The minimum Gasteiger partial charge on any atom is -0.454 e. The molecule has 47 heavy (non-hydrogen) atoms. The van der Waals surface area contributed by atoms with Gasteiger partial charge in [-0.05, 0) is 78.2 Å². The Kier molecular flexibility index (Phi) is 8.48. The van der Waals surface area contributed by atoms with Crippen LogP contribution in [0.2, 0.25) is 0 Å². The smallest absolute Gasteiger partial charge is 0.231 e. The highest BCUT2D eigenvalue weighted by molar-refractivity contribution is 5.49. The molecule has 4 aromatic rings. The molecule has 4 aliphatic rings. The van der Waals surface area contributed by atoms with E-state index in [9.17, 15) is 4.39 Å². The minimum absolute atomic E-state index is 0.202. The molecule has 9 heteroatoms. The summed E-state index contributed by atoms with van der Waals surface area (Å²) in [5.74, 6) is 3.28. The SMILES string of the molecule is Fc1ccc(N2CCN(C(Cc3ccc4c(c3)OCO4)C(CN3CCN(c4ccccc4)CC3)c3ccc4c(c3)OCO4)CC2)cc1. The predicted octanol–water partition coefficient (Wildman–Crippen LogP) is 5.62. The number of anilines is 2. The highest BCUT2D eigenvalue weighted by Crippen LogP contribution is 2.39. The average molecular weight is 637 g/mol. The Morgan fingerprint density at radius 3 is 1.87 bits per heavy atom. The first-order valence-corrected chi connectivity index (χ1v) is 16.7. The van der Waals surface area contributed by atoms with E-state index in [2.05, 4.69) is 80.3 Å². The molecule has 2 unspecified atom stereocenters. The van der Waals surface area contributed by atoms with E-state index in [0.29, 0.717) is 0 Å². The van der Waals surface area contributed by atoms with Gasteiger partial charge in [-0.3, -0.25) is 9.80 Å². The Balaban J connectivity index is 1.08. The van der Waals surface area contributed by atoms with Crippen LogP contribution in [-0.4, -0.2) is 88.3 Å². The van der Waals surface area contributed by atoms with Crippen LogP contribution < -0.4 is 28.7 Å². The summed E-state index contributed by atoms with van der Waals surface area (Å²) < 4.78 is 36.7. The molecule has 4 aliphatic heterocycles. The summed E-state index contributed by atoms with van der Waals surface area (Å²) >= 11 is 0. The lowest BCUT2D eigenvalue weighted by molar-refractivity contribution is 0.131. The quantitative estimate of drug-likeness (QED) is 0.235. The summed E-state index contributed by atoms with van der Waals surface area (Å²) in [6.45, 7) is 9.07. The Hall–Kier alpha value is -4.47. The van der Waals surface area contributed by atoms with Gasteiger partial charge in [0.1, 0.15) is 5.82 Å². The van der Waals surface area contributed by atoms with Crippen LogP contribution in [0.3, 0.4) is 0 Å². The van der Waals surface area contributed by atoms with Crippen molar-refractivity contribution in [2.24, 2.45) is 0 Å². The molecule has 0 N–H and O–H groups in total. The number of halogens is 1. The normalized spacial score (nSPS) is 19.2. The third-order valence-corrected chi connectivity index (χ3v) is 10.1. The van der Waals surface area contributed by atoms with E-state index in [0.717, 1.165) is 94.0 Å². The number of fused-ring (bicyclic) bond motifs is 2. The predicted molar refractivity (Wildman–Crippen MR) is 181 cm³/mol. The molecule has 8 rings (SSSR count). The maximum absolute atomic E-state index is 13.7. The van der Waals surface area contributed by atoms with Gasteiger partial charge in [-0.2, -0.15) is 0 Å². The second kappa shape index (κ2) is 13.3. The Morgan fingerprint density at radius 1 is 0.574 bits per heavy atom. The second-order valence-electron chi connectivity index (χ2n) is 12.8. The van der Waals surface area contributed by atoms with E-state index in [1.54, 1.807) is 12.1 Å². The van der Waals surface area contributed by atoms with Gasteiger partial charge < -0.3 is 28.7 Å². The van der Waals surface area contributed by atoms with Gasteiger partial charge in [-0.15, -0.1) is 0 Å². The first-order chi connectivity index (χ1) is 23.2. The molecule has 4 aromatic carbocycles. The third-order valence-electron chi connectivity index (χ3n) is 10.1. The van der Waals surface area contributed by atoms with Crippen molar-refractivity contribution in [3.8, 4) is 23.0 Å². The molecule has 0 amide bonds. The first-order valence-electron chi connectivity index (χ1n) is 16.7. The molecule has 2 fully saturated rings. The van der Waals surface area contributed by atoms with Crippen molar-refractivity contribution in [3.05, 3.63) is 108 Å². The first kappa shape index (κ1) is 29.9. The van der Waals surface area contributed by atoms with E-state index in [4.69, 9.17) is 18.9 Å². The van der Waals surface area contributed by atoms with Crippen molar-refractivity contribution >= 4 is 11.4 Å². The topological polar surface area (TPSA) is 49.9 Å². The van der Waals surface area contributed by atoms with Gasteiger partial charge in [-0.1, -0.05) is 30.3 Å². The highest BCUT2D eigenvalue weighted by Gasteiger charge is 2.35. The third kappa shape index (κ3) is 6.55. The number of benzene rings is 4. The molecule has 2 atom stereocenters. The van der Waals surface area contributed by atoms with Crippen LogP contribution in [-0.2, 0) is 6.42 Å². The maximum Gasteiger partial charge on any atom is 0.231 e. The zero-order valence-electron chi connectivity index (χ0n) is 26.6. The van der Waals surface area contributed by atoms with Crippen molar-refractivity contribution in [2.75, 3.05) is 82.3 Å². The van der Waals surface area contributed by atoms with Crippen LogP contribution in [0.1, 0.15) is 17.0 Å². The molecule has 0 saturated carbocycles. The molecule has 8 nitrogen and oxygen atoms in total. The number of hydrogen-bond donors (Lipinski definition) is 0. The van der Waals surface area contributed by atoms with Crippen molar-refractivity contribution in [1.29, 1.82) is 0 Å². The molecule has 244 valence electrons. The average Bonchev–Trinajstić information content (AvgIpc) is 3.80. The Bertz CT molecular complexity index is 1660. The molecule has 0 bridgehead atoms. The maximum atomic E-state index is 13.7. The van der Waals surface area contributed by atoms with Gasteiger partial charge in [0.2, 0.25) is 13.6 Å². The van der Waals surface area contributed by atoms with E-state index < -0.39 is 0 Å². The van der Waals surface area contributed by atoms with Gasteiger partial charge in [0.15, 0.2) is 23.0 Å². The standard InChI is InChI=1S/C38H41FN4O4/c39-30-8-10-32(11-9-30)42-18-20-43(21-19-42)34(22-28-6-12-35-37(23-28)46-26-44-35)33(29-7-13-36-38(24-29)47-27-45-36)25-40-14-16-41(17-15-40)31-4-2-1-3-5-31/h1-13,23-24,33-34H,14-22,25-27H2. The van der Waals surface area contributed by atoms with E-state index in [1.807, 2.05) is 18.2 Å². The van der Waals surface area contributed by atoms with E-state index in [-0.39, 0.29) is 31.4 Å². The summed E-state index contributed by atoms with van der Waals surface area (Å²) in [5.41, 5.74) is 4.87. The lowest BCUT2D eigenvalue weighted by Crippen LogP contribution is -2.55. The zero-order chi connectivity index (χ0) is 31.6. The van der Waals surface area contributed by atoms with Crippen LogP contribution in [0.5, 0.6) is 23.0 Å². The van der Waals surface area contributed by atoms with Crippen LogP contribution in [0, 0.1) is 5.82 Å². The molecular formula is C38H41FN4O4. The second-order valence-corrected chi connectivity index (χ2v) is 12.8. The van der Waals surface area contributed by atoms with Gasteiger partial charge in [-0.25, -0.2) is 4.39 Å². The van der Waals surface area contributed by atoms with Crippen LogP contribution in [0.15, 0.2) is 91.0 Å². The largest absolute Gasteiger partial charge is 0.454 e. The van der Waals surface area contributed by atoms with Crippen molar-refractivity contribution < 1.29 is 23.3 Å². The van der Waals surface area contributed by atoms with Crippen LogP contribution in [0.4, 0.5) is 15.8 Å². The van der Waals surface area contributed by atoms with Gasteiger partial charge in [0, 0.05) is 82.2 Å². The number of nitrogens with zero attached hydrogens (tertiary/aromatic N) is 4. The Morgan fingerprint density at radius 2 is 1.17 bits per heavy atom. The van der Waals surface area contributed by atoms with Gasteiger partial charge in [0.05, 0.1) is 0 Å². The number of para-hydroxylation sites is 1. The molecule has 0 radical (unpaired) electrons. The fraction of sp³-hybridized carbons (Fsp3) is 0.368. The van der Waals surface area contributed by atoms with Crippen molar-refractivity contribution in [1.82, 2.24) is 9.80 Å². The van der Waals surface area contributed by atoms with E-state index in [1.165, 1.54) is 16.8 Å². The van der Waals surface area contributed by atoms with E-state index >= 15 is 0 Å². The van der Waals surface area contributed by atoms with Crippen LogP contribution in [0.25, 0.3) is 0 Å². The zero-order valence-corrected chi connectivity index (χ0v) is 26.6. The lowest BCUT2D eigenvalue weighted by Gasteiger charge is -2.45. The monoisotopic (exact) mass is 636 g/mol. The fourth-order valence-corrected chi connectivity index (χ4v) is 7.50. The summed E-state index contributed by atoms with van der Waals surface area (Å²) in [6.07, 6.45) is 0.871. The number of hydrogen-bond acceptors (Lipinski definition) is 8. The fourth-order valence-electron chi connectivity index (χ4n) is 7.50. The molecule has 0 aromatic heterocycles. The number of piperazine rings is 2. The summed E-state index contributed by atoms with van der Waals surface area (Å²) in [7, 11) is 0. The Labute approximate surface area is 275 Å². The van der Waals surface area contributed by atoms with Crippen molar-refractivity contribution in [2.45, 2.75) is 18.4 Å². The van der Waals surface area contributed by atoms with Gasteiger partial charge >= 0.3 is 0 Å². The summed E-state index contributed by atoms with van der Waals surface area (Å²) in [4.78, 5) is 10.2. The molecule has 0 spiro atoms. The van der Waals surface area contributed by atoms with Gasteiger partial charge in [0.25, 0.3) is 0 Å². The van der Waals surface area contributed by atoms with Crippen molar-refractivity contribution in [3.63, 3.8) is 0 Å². The summed E-state index contributed by atoms with van der Waals surface area (Å²) in [5, 5.41) is 0. The molecule has 0 aliphatic carbocycles. The minimum atomic E-state index is -0.202.